The molecule has 0 unspecified atom stereocenters. The molecular weight excluding hydrogens is 396 g/mol. The fourth-order valence-corrected chi connectivity index (χ4v) is 3.54. The summed E-state index contributed by atoms with van der Waals surface area (Å²) in [5.74, 6) is 1.46. The van der Waals surface area contributed by atoms with Gasteiger partial charge in [-0.05, 0) is 50.1 Å². The summed E-state index contributed by atoms with van der Waals surface area (Å²) in [6.45, 7) is 6.48. The molecule has 31 heavy (non-hydrogen) atoms. The maximum atomic E-state index is 12.9. The van der Waals surface area contributed by atoms with Gasteiger partial charge in [0.25, 0.3) is 11.8 Å². The average molecular weight is 427 g/mol. The number of hydrogen-bond donors (Lipinski definition) is 1. The lowest BCUT2D eigenvalue weighted by Crippen LogP contribution is -2.43. The highest BCUT2D eigenvalue weighted by Gasteiger charge is 2.32. The second-order valence-electron chi connectivity index (χ2n) is 7.62. The van der Waals surface area contributed by atoms with Gasteiger partial charge in [0, 0.05) is 35.5 Å². The van der Waals surface area contributed by atoms with Gasteiger partial charge in [0.05, 0.1) is 14.2 Å². The fourth-order valence-electron chi connectivity index (χ4n) is 3.54. The number of carbonyl (C=O) groups is 2. The van der Waals surface area contributed by atoms with E-state index < -0.39 is 6.10 Å². The molecule has 1 heterocycles. The Morgan fingerprint density at radius 3 is 2.42 bits per heavy atom. The van der Waals surface area contributed by atoms with Crippen LogP contribution < -0.4 is 19.5 Å². The Balaban J connectivity index is 1.88. The van der Waals surface area contributed by atoms with Crippen molar-refractivity contribution < 1.29 is 23.8 Å². The highest BCUT2D eigenvalue weighted by atomic mass is 16.5. The van der Waals surface area contributed by atoms with Crippen LogP contribution in [0.4, 0.5) is 5.69 Å². The maximum absolute atomic E-state index is 12.9. The van der Waals surface area contributed by atoms with E-state index in [1.54, 1.807) is 24.3 Å². The number of amides is 2. The molecule has 0 bridgehead atoms. The van der Waals surface area contributed by atoms with Crippen molar-refractivity contribution in [3.63, 3.8) is 0 Å². The second kappa shape index (κ2) is 9.73. The molecular formula is C24H30N2O5. The summed E-state index contributed by atoms with van der Waals surface area (Å²) in [6.07, 6.45) is 0.951. The smallest absolute Gasteiger partial charge is 0.264 e. The number of rotatable bonds is 7. The Morgan fingerprint density at radius 2 is 1.84 bits per heavy atom. The molecule has 7 nitrogen and oxygen atoms in total. The second-order valence-corrected chi connectivity index (χ2v) is 7.62. The molecule has 166 valence electrons. The lowest BCUT2D eigenvalue weighted by atomic mass is 10.1. The number of hydrogen-bond acceptors (Lipinski definition) is 5. The number of fused-ring (bicyclic) bond motifs is 1. The van der Waals surface area contributed by atoms with Crippen LogP contribution in [-0.2, 0) is 11.3 Å². The van der Waals surface area contributed by atoms with E-state index in [2.05, 4.69) is 12.2 Å². The number of anilines is 1. The zero-order valence-electron chi connectivity index (χ0n) is 18.7. The van der Waals surface area contributed by atoms with Crippen LogP contribution in [-0.4, -0.2) is 43.1 Å². The summed E-state index contributed by atoms with van der Waals surface area (Å²) in [6, 6.07) is 10.6. The molecule has 2 atom stereocenters. The van der Waals surface area contributed by atoms with E-state index in [1.165, 1.54) is 14.2 Å². The minimum atomic E-state index is -0.500. The van der Waals surface area contributed by atoms with Gasteiger partial charge in [0.2, 0.25) is 0 Å². The van der Waals surface area contributed by atoms with Gasteiger partial charge in [0.15, 0.2) is 6.10 Å². The van der Waals surface area contributed by atoms with Crippen molar-refractivity contribution in [1.82, 2.24) is 4.90 Å². The molecule has 2 aromatic rings. The summed E-state index contributed by atoms with van der Waals surface area (Å²) >= 11 is 0. The first-order chi connectivity index (χ1) is 14.9. The number of ether oxygens (including phenoxy) is 3. The van der Waals surface area contributed by atoms with E-state index >= 15 is 0 Å². The minimum absolute atomic E-state index is 0.00195. The molecule has 1 aliphatic heterocycles. The Hall–Kier alpha value is -3.22. The van der Waals surface area contributed by atoms with Gasteiger partial charge in [-0.1, -0.05) is 13.8 Å². The van der Waals surface area contributed by atoms with Crippen molar-refractivity contribution in [3.8, 4) is 17.2 Å². The predicted molar refractivity (Wildman–Crippen MR) is 119 cm³/mol. The summed E-state index contributed by atoms with van der Waals surface area (Å²) in [5.41, 5.74) is 1.91. The van der Waals surface area contributed by atoms with Gasteiger partial charge >= 0.3 is 0 Å². The summed E-state index contributed by atoms with van der Waals surface area (Å²) in [7, 11) is 3.08. The third-order valence-corrected chi connectivity index (χ3v) is 5.59. The number of carbonyl (C=O) groups excluding carboxylic acids is 2. The third kappa shape index (κ3) is 4.93. The molecule has 3 rings (SSSR count). The van der Waals surface area contributed by atoms with Gasteiger partial charge in [-0.15, -0.1) is 0 Å². The van der Waals surface area contributed by atoms with Gasteiger partial charge in [-0.3, -0.25) is 9.59 Å². The van der Waals surface area contributed by atoms with E-state index in [4.69, 9.17) is 14.2 Å². The average Bonchev–Trinajstić information content (AvgIpc) is 2.93. The third-order valence-electron chi connectivity index (χ3n) is 5.59. The molecule has 1 N–H and O–H groups in total. The molecule has 2 amide bonds. The van der Waals surface area contributed by atoms with Crippen LogP contribution in [0.15, 0.2) is 36.4 Å². The zero-order chi connectivity index (χ0) is 22.5. The quantitative estimate of drug-likeness (QED) is 0.716. The monoisotopic (exact) mass is 426 g/mol. The summed E-state index contributed by atoms with van der Waals surface area (Å²) < 4.78 is 16.5. The largest absolute Gasteiger partial charge is 0.497 e. The number of benzene rings is 2. The Bertz CT molecular complexity index is 937. The van der Waals surface area contributed by atoms with Crippen LogP contribution in [0.2, 0.25) is 0 Å². The van der Waals surface area contributed by atoms with Gasteiger partial charge in [-0.2, -0.15) is 0 Å². The highest BCUT2D eigenvalue weighted by molar-refractivity contribution is 6.05. The number of methoxy groups -OCH3 is 2. The fraction of sp³-hybridized carbons (Fsp3) is 0.417. The van der Waals surface area contributed by atoms with Crippen molar-refractivity contribution >= 4 is 17.5 Å². The topological polar surface area (TPSA) is 77.1 Å². The highest BCUT2D eigenvalue weighted by Crippen LogP contribution is 2.31. The van der Waals surface area contributed by atoms with E-state index in [-0.39, 0.29) is 17.9 Å². The minimum Gasteiger partial charge on any atom is -0.497 e. The first kappa shape index (κ1) is 22.5. The molecule has 2 aromatic carbocycles. The van der Waals surface area contributed by atoms with E-state index in [0.717, 1.165) is 12.0 Å². The van der Waals surface area contributed by atoms with Gasteiger partial charge < -0.3 is 24.4 Å². The van der Waals surface area contributed by atoms with Crippen LogP contribution in [0.3, 0.4) is 0 Å². The summed E-state index contributed by atoms with van der Waals surface area (Å²) in [4.78, 5) is 27.6. The molecule has 1 aliphatic rings. The van der Waals surface area contributed by atoms with E-state index in [0.29, 0.717) is 41.5 Å². The standard InChI is InChI=1S/C24H30N2O5/c1-6-15(3)26-14-17-10-18(8-9-22(17)31-21(7-2)24(26)28)25-23(27)16-11-19(29-4)13-20(12-16)30-5/h8-13,15,21H,6-7,14H2,1-5H3,(H,25,27)/t15-,21-/m0/s1. The van der Waals surface area contributed by atoms with Crippen molar-refractivity contribution in [2.24, 2.45) is 0 Å². The Kier molecular flexibility index (Phi) is 7.05. The molecule has 0 aliphatic carbocycles. The van der Waals surface area contributed by atoms with Crippen LogP contribution >= 0.6 is 0 Å². The molecule has 7 heteroatoms. The molecule has 0 radical (unpaired) electrons. The van der Waals surface area contributed by atoms with Crippen molar-refractivity contribution in [1.29, 1.82) is 0 Å². The normalized spacial score (nSPS) is 16.6. The first-order valence-electron chi connectivity index (χ1n) is 10.5. The molecule has 0 aromatic heterocycles. The lowest BCUT2D eigenvalue weighted by molar-refractivity contribution is -0.140. The SMILES string of the molecule is CC[C@@H]1Oc2ccc(NC(=O)c3cc(OC)cc(OC)c3)cc2CN([C@@H](C)CC)C1=O. The maximum Gasteiger partial charge on any atom is 0.264 e. The van der Waals surface area contributed by atoms with Crippen LogP contribution in [0, 0.1) is 0 Å². The van der Waals surface area contributed by atoms with Gasteiger partial charge in [0.1, 0.15) is 17.2 Å². The number of nitrogens with zero attached hydrogens (tertiary/aromatic N) is 1. The number of nitrogens with one attached hydrogen (secondary N) is 1. The summed E-state index contributed by atoms with van der Waals surface area (Å²) in [5, 5.41) is 2.92. The van der Waals surface area contributed by atoms with E-state index in [9.17, 15) is 9.59 Å². The molecule has 0 spiro atoms. The predicted octanol–water partition coefficient (Wildman–Crippen LogP) is 4.25. The molecule has 0 saturated heterocycles. The Labute approximate surface area is 183 Å². The zero-order valence-corrected chi connectivity index (χ0v) is 18.7. The first-order valence-corrected chi connectivity index (χ1v) is 10.5. The van der Waals surface area contributed by atoms with Crippen molar-refractivity contribution in [2.45, 2.75) is 52.3 Å². The Morgan fingerprint density at radius 1 is 1.16 bits per heavy atom. The molecule has 0 fully saturated rings. The van der Waals surface area contributed by atoms with Crippen molar-refractivity contribution in [2.75, 3.05) is 19.5 Å². The van der Waals surface area contributed by atoms with E-state index in [1.807, 2.05) is 30.9 Å². The van der Waals surface area contributed by atoms with Crippen LogP contribution in [0.25, 0.3) is 0 Å². The van der Waals surface area contributed by atoms with Crippen LogP contribution in [0.5, 0.6) is 17.2 Å². The lowest BCUT2D eigenvalue weighted by Gasteiger charge is -2.28. The van der Waals surface area contributed by atoms with Crippen molar-refractivity contribution in [3.05, 3.63) is 47.5 Å². The van der Waals surface area contributed by atoms with Crippen LogP contribution in [0.1, 0.15) is 49.5 Å². The van der Waals surface area contributed by atoms with Gasteiger partial charge in [-0.25, -0.2) is 0 Å². The molecule has 0 saturated carbocycles.